The number of ether oxygens (including phenoxy) is 1. The zero-order valence-corrected chi connectivity index (χ0v) is 11.1. The molecule has 0 amide bonds. The minimum absolute atomic E-state index is 0.0961. The molecular formula is C14H23NO3. The molecule has 1 aromatic carbocycles. The monoisotopic (exact) mass is 253 g/mol. The predicted octanol–water partition coefficient (Wildman–Crippen LogP) is 2.57. The van der Waals surface area contributed by atoms with Gasteiger partial charge in [0.2, 0.25) is 0 Å². The Balaban J connectivity index is 2.29. The number of phenolic OH excluding ortho intramolecular Hbond substituents is 2. The molecule has 1 aromatic rings. The topological polar surface area (TPSA) is 61.7 Å². The van der Waals surface area contributed by atoms with E-state index in [1.54, 1.807) is 19.2 Å². The Kier molecular flexibility index (Phi) is 6.54. The van der Waals surface area contributed by atoms with Crippen LogP contribution in [-0.4, -0.2) is 30.5 Å². The number of nitrogens with one attached hydrogen (secondary N) is 1. The Morgan fingerprint density at radius 3 is 2.39 bits per heavy atom. The van der Waals surface area contributed by atoms with Crippen LogP contribution in [0.15, 0.2) is 18.2 Å². The fraction of sp³-hybridized carbons (Fsp3) is 0.571. The van der Waals surface area contributed by atoms with Gasteiger partial charge in [0.25, 0.3) is 0 Å². The predicted molar refractivity (Wildman–Crippen MR) is 71.9 cm³/mol. The van der Waals surface area contributed by atoms with Crippen LogP contribution in [0.5, 0.6) is 11.5 Å². The van der Waals surface area contributed by atoms with Crippen LogP contribution in [0.1, 0.15) is 37.8 Å². The van der Waals surface area contributed by atoms with Gasteiger partial charge in [-0.15, -0.1) is 0 Å². The number of phenols is 2. The van der Waals surface area contributed by atoms with Crippen LogP contribution in [0.25, 0.3) is 0 Å². The largest absolute Gasteiger partial charge is 0.508 e. The fourth-order valence-corrected chi connectivity index (χ4v) is 1.85. The van der Waals surface area contributed by atoms with Crippen LogP contribution in [0.3, 0.4) is 0 Å². The van der Waals surface area contributed by atoms with Crippen molar-refractivity contribution in [2.75, 3.05) is 20.3 Å². The van der Waals surface area contributed by atoms with E-state index in [1.807, 2.05) is 6.92 Å². The molecule has 1 atom stereocenters. The number of unbranched alkanes of at least 4 members (excludes halogenated alkanes) is 2. The molecule has 0 radical (unpaired) electrons. The standard InChI is InChI=1S/C14H23NO3/c1-11(15-6-4-3-5-7-18-2)12-8-13(16)10-14(17)9-12/h8-11,15-17H,3-7H2,1-2H3. The van der Waals surface area contributed by atoms with Gasteiger partial charge in [0, 0.05) is 25.8 Å². The molecule has 0 saturated carbocycles. The number of benzene rings is 1. The lowest BCUT2D eigenvalue weighted by molar-refractivity contribution is 0.192. The van der Waals surface area contributed by atoms with Gasteiger partial charge in [-0.25, -0.2) is 0 Å². The van der Waals surface area contributed by atoms with Gasteiger partial charge in [-0.1, -0.05) is 0 Å². The van der Waals surface area contributed by atoms with E-state index in [0.29, 0.717) is 0 Å². The third-order valence-corrected chi connectivity index (χ3v) is 2.90. The van der Waals surface area contributed by atoms with Gasteiger partial charge < -0.3 is 20.3 Å². The van der Waals surface area contributed by atoms with Crippen molar-refractivity contribution in [2.45, 2.75) is 32.2 Å². The van der Waals surface area contributed by atoms with Gasteiger partial charge in [-0.3, -0.25) is 0 Å². The van der Waals surface area contributed by atoms with Crippen LogP contribution in [0.2, 0.25) is 0 Å². The lowest BCUT2D eigenvalue weighted by Gasteiger charge is -2.14. The summed E-state index contributed by atoms with van der Waals surface area (Å²) < 4.78 is 4.99. The fourth-order valence-electron chi connectivity index (χ4n) is 1.85. The average Bonchev–Trinajstić information content (AvgIpc) is 2.32. The van der Waals surface area contributed by atoms with E-state index < -0.39 is 0 Å². The molecule has 4 nitrogen and oxygen atoms in total. The van der Waals surface area contributed by atoms with E-state index in [-0.39, 0.29) is 17.5 Å². The quantitative estimate of drug-likeness (QED) is 0.623. The molecule has 102 valence electrons. The molecule has 0 aromatic heterocycles. The first kappa shape index (κ1) is 14.8. The molecule has 0 aliphatic carbocycles. The minimum Gasteiger partial charge on any atom is -0.508 e. The molecule has 0 bridgehead atoms. The van der Waals surface area contributed by atoms with Gasteiger partial charge in [-0.05, 0) is 50.4 Å². The van der Waals surface area contributed by atoms with Crippen molar-refractivity contribution in [3.8, 4) is 11.5 Å². The Morgan fingerprint density at radius 1 is 1.11 bits per heavy atom. The van der Waals surface area contributed by atoms with Crippen molar-refractivity contribution in [1.29, 1.82) is 0 Å². The normalized spacial score (nSPS) is 12.6. The summed E-state index contributed by atoms with van der Waals surface area (Å²) >= 11 is 0. The summed E-state index contributed by atoms with van der Waals surface area (Å²) in [4.78, 5) is 0. The second-order valence-corrected chi connectivity index (χ2v) is 4.51. The molecule has 0 saturated heterocycles. The average molecular weight is 253 g/mol. The molecule has 0 aliphatic rings. The van der Waals surface area contributed by atoms with E-state index in [4.69, 9.17) is 4.74 Å². The lowest BCUT2D eigenvalue weighted by Crippen LogP contribution is -2.19. The molecular weight excluding hydrogens is 230 g/mol. The molecule has 3 N–H and O–H groups in total. The van der Waals surface area contributed by atoms with Crippen LogP contribution in [0.4, 0.5) is 0 Å². The summed E-state index contributed by atoms with van der Waals surface area (Å²) in [6.07, 6.45) is 3.32. The van der Waals surface area contributed by atoms with Crippen LogP contribution in [0, 0.1) is 0 Å². The van der Waals surface area contributed by atoms with Gasteiger partial charge >= 0.3 is 0 Å². The van der Waals surface area contributed by atoms with Crippen molar-refractivity contribution in [1.82, 2.24) is 5.32 Å². The molecule has 1 unspecified atom stereocenters. The summed E-state index contributed by atoms with van der Waals surface area (Å²) in [6, 6.07) is 4.79. The summed E-state index contributed by atoms with van der Waals surface area (Å²) in [5.41, 5.74) is 0.893. The number of hydrogen-bond donors (Lipinski definition) is 3. The van der Waals surface area contributed by atoms with Crippen molar-refractivity contribution >= 4 is 0 Å². The molecule has 1 rings (SSSR count). The first-order valence-electron chi connectivity index (χ1n) is 6.38. The van der Waals surface area contributed by atoms with Gasteiger partial charge in [-0.2, -0.15) is 0 Å². The maximum Gasteiger partial charge on any atom is 0.119 e. The lowest BCUT2D eigenvalue weighted by atomic mass is 10.1. The van der Waals surface area contributed by atoms with E-state index in [9.17, 15) is 10.2 Å². The first-order chi connectivity index (χ1) is 8.63. The number of aromatic hydroxyl groups is 2. The van der Waals surface area contributed by atoms with Crippen molar-refractivity contribution in [3.63, 3.8) is 0 Å². The third kappa shape index (κ3) is 5.38. The summed E-state index contributed by atoms with van der Waals surface area (Å²) in [5.74, 6) is 0.192. The zero-order valence-electron chi connectivity index (χ0n) is 11.1. The van der Waals surface area contributed by atoms with E-state index >= 15 is 0 Å². The van der Waals surface area contributed by atoms with Crippen molar-refractivity contribution in [2.24, 2.45) is 0 Å². The highest BCUT2D eigenvalue weighted by Crippen LogP contribution is 2.24. The van der Waals surface area contributed by atoms with Crippen molar-refractivity contribution in [3.05, 3.63) is 23.8 Å². The second-order valence-electron chi connectivity index (χ2n) is 4.51. The van der Waals surface area contributed by atoms with Gasteiger partial charge in [0.15, 0.2) is 0 Å². The highest BCUT2D eigenvalue weighted by Gasteiger charge is 2.07. The number of methoxy groups -OCH3 is 1. The number of hydrogen-bond acceptors (Lipinski definition) is 4. The Labute approximate surface area is 109 Å². The molecule has 18 heavy (non-hydrogen) atoms. The SMILES string of the molecule is COCCCCCNC(C)c1cc(O)cc(O)c1. The Hall–Kier alpha value is -1.26. The van der Waals surface area contributed by atoms with Crippen LogP contribution < -0.4 is 5.32 Å². The van der Waals surface area contributed by atoms with Gasteiger partial charge in [0.1, 0.15) is 11.5 Å². The van der Waals surface area contributed by atoms with Crippen LogP contribution >= 0.6 is 0 Å². The Morgan fingerprint density at radius 2 is 1.78 bits per heavy atom. The third-order valence-electron chi connectivity index (χ3n) is 2.90. The zero-order chi connectivity index (χ0) is 13.4. The van der Waals surface area contributed by atoms with Crippen molar-refractivity contribution < 1.29 is 14.9 Å². The maximum atomic E-state index is 9.41. The van der Waals surface area contributed by atoms with Crippen LogP contribution in [-0.2, 0) is 4.74 Å². The first-order valence-corrected chi connectivity index (χ1v) is 6.38. The molecule has 0 spiro atoms. The minimum atomic E-state index is 0.0961. The summed E-state index contributed by atoms with van der Waals surface area (Å²) in [5, 5.41) is 22.2. The second kappa shape index (κ2) is 7.95. The smallest absolute Gasteiger partial charge is 0.119 e. The molecule has 0 fully saturated rings. The van der Waals surface area contributed by atoms with E-state index in [0.717, 1.165) is 38.0 Å². The summed E-state index contributed by atoms with van der Waals surface area (Å²) in [7, 11) is 1.72. The number of rotatable bonds is 8. The highest BCUT2D eigenvalue weighted by molar-refractivity contribution is 5.37. The summed E-state index contributed by atoms with van der Waals surface area (Å²) in [6.45, 7) is 3.75. The molecule has 0 heterocycles. The molecule has 0 aliphatic heterocycles. The maximum absolute atomic E-state index is 9.41. The highest BCUT2D eigenvalue weighted by atomic mass is 16.5. The van der Waals surface area contributed by atoms with E-state index in [2.05, 4.69) is 5.32 Å². The van der Waals surface area contributed by atoms with Gasteiger partial charge in [0.05, 0.1) is 0 Å². The van der Waals surface area contributed by atoms with E-state index in [1.165, 1.54) is 6.07 Å². The molecule has 4 heteroatoms. The Bertz CT molecular complexity index is 335.